The van der Waals surface area contributed by atoms with E-state index >= 15 is 0 Å². The van der Waals surface area contributed by atoms with Gasteiger partial charge in [0, 0.05) is 19.7 Å². The third-order valence-corrected chi connectivity index (χ3v) is 3.83. The van der Waals surface area contributed by atoms with E-state index in [2.05, 4.69) is 10.6 Å². The Hall–Kier alpha value is -1.59. The maximum atomic E-state index is 12.2. The van der Waals surface area contributed by atoms with Crippen LogP contribution in [0.1, 0.15) is 29.6 Å². The maximum absolute atomic E-state index is 12.2. The van der Waals surface area contributed by atoms with Crippen molar-refractivity contribution in [2.75, 3.05) is 26.0 Å². The van der Waals surface area contributed by atoms with Gasteiger partial charge in [0.1, 0.15) is 0 Å². The number of halogens is 1. The molecule has 0 aliphatic carbocycles. The van der Waals surface area contributed by atoms with Crippen LogP contribution in [0.25, 0.3) is 0 Å². The van der Waals surface area contributed by atoms with Crippen LogP contribution in [0.5, 0.6) is 0 Å². The molecule has 1 atom stereocenters. The van der Waals surface area contributed by atoms with Crippen molar-refractivity contribution in [2.45, 2.75) is 25.3 Å². The third kappa shape index (κ3) is 3.95. The highest BCUT2D eigenvalue weighted by molar-refractivity contribution is 6.34. The molecule has 1 aromatic rings. The molecule has 0 aromatic heterocycles. The van der Waals surface area contributed by atoms with Crippen molar-refractivity contribution in [1.82, 2.24) is 10.2 Å². The van der Waals surface area contributed by atoms with Gasteiger partial charge in [0.2, 0.25) is 5.91 Å². The number of nitrogens with zero attached hydrogens (tertiary/aromatic N) is 1. The molecule has 2 N–H and O–H groups in total. The Morgan fingerprint density at radius 2 is 2.10 bits per heavy atom. The van der Waals surface area contributed by atoms with Gasteiger partial charge in [-0.25, -0.2) is 0 Å². The second kappa shape index (κ2) is 6.91. The first kappa shape index (κ1) is 15.8. The summed E-state index contributed by atoms with van der Waals surface area (Å²) in [6.07, 6.45) is 2.95. The highest BCUT2D eigenvalue weighted by atomic mass is 35.5. The molecular formula is C15H20ClN3O2. The Balaban J connectivity index is 2.13. The van der Waals surface area contributed by atoms with Gasteiger partial charge in [-0.2, -0.15) is 0 Å². The Morgan fingerprint density at radius 1 is 1.33 bits per heavy atom. The van der Waals surface area contributed by atoms with Gasteiger partial charge >= 0.3 is 0 Å². The molecule has 0 spiro atoms. The lowest BCUT2D eigenvalue weighted by molar-refractivity contribution is -0.118. The molecule has 21 heavy (non-hydrogen) atoms. The van der Waals surface area contributed by atoms with E-state index in [-0.39, 0.29) is 17.9 Å². The van der Waals surface area contributed by atoms with Crippen LogP contribution >= 0.6 is 11.6 Å². The molecule has 1 fully saturated rings. The molecule has 1 aliphatic rings. The van der Waals surface area contributed by atoms with Gasteiger partial charge in [0.05, 0.1) is 16.8 Å². The summed E-state index contributed by atoms with van der Waals surface area (Å²) in [5.74, 6) is -0.232. The van der Waals surface area contributed by atoms with Gasteiger partial charge < -0.3 is 15.5 Å². The number of rotatable bonds is 3. The number of hydrogen-bond acceptors (Lipinski definition) is 3. The molecule has 1 aliphatic heterocycles. The third-order valence-electron chi connectivity index (χ3n) is 3.50. The minimum Gasteiger partial charge on any atom is -0.345 e. The molecule has 114 valence electrons. The van der Waals surface area contributed by atoms with E-state index in [1.807, 2.05) is 0 Å². The number of nitrogens with one attached hydrogen (secondary N) is 2. The summed E-state index contributed by atoms with van der Waals surface area (Å²) < 4.78 is 0. The second-order valence-electron chi connectivity index (χ2n) is 5.39. The van der Waals surface area contributed by atoms with Crippen molar-refractivity contribution >= 4 is 29.1 Å². The molecule has 2 rings (SSSR count). The van der Waals surface area contributed by atoms with Crippen molar-refractivity contribution in [1.29, 1.82) is 0 Å². The molecule has 2 amide bonds. The van der Waals surface area contributed by atoms with Gasteiger partial charge in [-0.3, -0.25) is 9.59 Å². The van der Waals surface area contributed by atoms with E-state index in [1.165, 1.54) is 4.90 Å². The van der Waals surface area contributed by atoms with Crippen molar-refractivity contribution < 1.29 is 9.59 Å². The van der Waals surface area contributed by atoms with E-state index in [1.54, 1.807) is 32.3 Å². The number of amides is 2. The maximum Gasteiger partial charge on any atom is 0.253 e. The Morgan fingerprint density at radius 3 is 2.71 bits per heavy atom. The molecule has 6 heteroatoms. The fraction of sp³-hybridized carbons (Fsp3) is 0.467. The summed E-state index contributed by atoms with van der Waals surface area (Å²) in [7, 11) is 3.36. The van der Waals surface area contributed by atoms with Gasteiger partial charge in [0.25, 0.3) is 5.91 Å². The predicted molar refractivity (Wildman–Crippen MR) is 83.7 cm³/mol. The number of carbonyl (C=O) groups excluding carboxylic acids is 2. The Bertz CT molecular complexity index is 540. The molecule has 1 aromatic carbocycles. The van der Waals surface area contributed by atoms with Crippen LogP contribution in [0.15, 0.2) is 18.2 Å². The summed E-state index contributed by atoms with van der Waals surface area (Å²) in [6.45, 7) is 0.852. The zero-order valence-electron chi connectivity index (χ0n) is 12.3. The fourth-order valence-electron chi connectivity index (χ4n) is 2.31. The van der Waals surface area contributed by atoms with Gasteiger partial charge in [0.15, 0.2) is 0 Å². The normalized spacial score (nSPS) is 18.1. The molecule has 1 heterocycles. The quantitative estimate of drug-likeness (QED) is 0.899. The summed E-state index contributed by atoms with van der Waals surface area (Å²) >= 11 is 6.10. The second-order valence-corrected chi connectivity index (χ2v) is 5.79. The van der Waals surface area contributed by atoms with Gasteiger partial charge in [-0.05, 0) is 37.6 Å². The zero-order valence-corrected chi connectivity index (χ0v) is 13.0. The lowest BCUT2D eigenvalue weighted by atomic mass is 10.0. The van der Waals surface area contributed by atoms with Crippen LogP contribution < -0.4 is 10.6 Å². The van der Waals surface area contributed by atoms with Crippen LogP contribution in [0.3, 0.4) is 0 Å². The minimum absolute atomic E-state index is 0.106. The van der Waals surface area contributed by atoms with Gasteiger partial charge in [-0.1, -0.05) is 18.0 Å². The van der Waals surface area contributed by atoms with E-state index in [4.69, 9.17) is 11.6 Å². The first-order valence-corrected chi connectivity index (χ1v) is 7.42. The fourth-order valence-corrected chi connectivity index (χ4v) is 2.47. The van der Waals surface area contributed by atoms with Crippen molar-refractivity contribution in [3.05, 3.63) is 28.8 Å². The number of benzene rings is 1. The first-order valence-electron chi connectivity index (χ1n) is 7.04. The average Bonchev–Trinajstić information content (AvgIpc) is 2.49. The summed E-state index contributed by atoms with van der Waals surface area (Å²) in [6, 6.07) is 4.70. The number of hydrogen-bond donors (Lipinski definition) is 2. The van der Waals surface area contributed by atoms with Crippen LogP contribution in [0, 0.1) is 0 Å². The van der Waals surface area contributed by atoms with Crippen LogP contribution in [-0.2, 0) is 4.79 Å². The zero-order chi connectivity index (χ0) is 15.4. The SMILES string of the molecule is CN(C)C(=O)c1ccc(Cl)c(NC(=O)[C@H]2CCCCN2)c1. The standard InChI is InChI=1S/C15H20ClN3O2/c1-19(2)15(21)10-6-7-11(16)13(9-10)18-14(20)12-5-3-4-8-17-12/h6-7,9,12,17H,3-5,8H2,1-2H3,(H,18,20)/t12-/m1/s1. The summed E-state index contributed by atoms with van der Waals surface area (Å²) in [4.78, 5) is 25.6. The number of carbonyl (C=O) groups is 2. The first-order chi connectivity index (χ1) is 9.99. The molecule has 5 nitrogen and oxygen atoms in total. The average molecular weight is 310 g/mol. The molecule has 1 saturated heterocycles. The van der Waals surface area contributed by atoms with Crippen LogP contribution in [0.2, 0.25) is 5.02 Å². The summed E-state index contributed by atoms with van der Waals surface area (Å²) in [5, 5.41) is 6.42. The smallest absolute Gasteiger partial charge is 0.253 e. The van der Waals surface area contributed by atoms with E-state index < -0.39 is 0 Å². The van der Waals surface area contributed by atoms with Crippen molar-refractivity contribution in [2.24, 2.45) is 0 Å². The van der Waals surface area contributed by atoms with E-state index in [0.717, 1.165) is 25.8 Å². The Kier molecular flexibility index (Phi) is 5.20. The van der Waals surface area contributed by atoms with Crippen molar-refractivity contribution in [3.63, 3.8) is 0 Å². The number of anilines is 1. The molecule has 0 saturated carbocycles. The number of piperidine rings is 1. The van der Waals surface area contributed by atoms with E-state index in [9.17, 15) is 9.59 Å². The predicted octanol–water partition coefficient (Wildman–Crippen LogP) is 2.12. The van der Waals surface area contributed by atoms with Crippen molar-refractivity contribution in [3.8, 4) is 0 Å². The highest BCUT2D eigenvalue weighted by Gasteiger charge is 2.21. The topological polar surface area (TPSA) is 61.4 Å². The molecule has 0 bridgehead atoms. The largest absolute Gasteiger partial charge is 0.345 e. The molecular weight excluding hydrogens is 290 g/mol. The lowest BCUT2D eigenvalue weighted by Gasteiger charge is -2.23. The monoisotopic (exact) mass is 309 g/mol. The van der Waals surface area contributed by atoms with Crippen LogP contribution in [0.4, 0.5) is 5.69 Å². The Labute approximate surface area is 129 Å². The van der Waals surface area contributed by atoms with Crippen LogP contribution in [-0.4, -0.2) is 43.4 Å². The highest BCUT2D eigenvalue weighted by Crippen LogP contribution is 2.24. The van der Waals surface area contributed by atoms with Gasteiger partial charge in [-0.15, -0.1) is 0 Å². The molecule has 0 unspecified atom stereocenters. The minimum atomic E-state index is -0.192. The lowest BCUT2D eigenvalue weighted by Crippen LogP contribution is -2.43. The van der Waals surface area contributed by atoms with E-state index in [0.29, 0.717) is 16.3 Å². The molecule has 0 radical (unpaired) electrons. The summed E-state index contributed by atoms with van der Waals surface area (Å²) in [5.41, 5.74) is 0.970.